The molecule has 4 heteroatoms. The van der Waals surface area contributed by atoms with Crippen LogP contribution in [0.25, 0.3) is 0 Å². The molecule has 1 unspecified atom stereocenters. The lowest BCUT2D eigenvalue weighted by Gasteiger charge is -2.10. The van der Waals surface area contributed by atoms with Crippen molar-refractivity contribution in [2.45, 2.75) is 13.8 Å². The highest BCUT2D eigenvalue weighted by Gasteiger charge is 2.02. The highest BCUT2D eigenvalue weighted by Crippen LogP contribution is 2.13. The van der Waals surface area contributed by atoms with E-state index in [0.717, 1.165) is 11.3 Å². The molecule has 1 atom stereocenters. The minimum absolute atomic E-state index is 0.119. The van der Waals surface area contributed by atoms with Gasteiger partial charge in [0.05, 0.1) is 12.3 Å². The number of hydrogen-bond acceptors (Lipinski definition) is 4. The Labute approximate surface area is 95.2 Å². The SMILES string of the molecule is C/C(=N\O)c1ccc(OCC(C)CO)cc1. The third kappa shape index (κ3) is 3.55. The average Bonchev–Trinajstić information content (AvgIpc) is 2.35. The van der Waals surface area contributed by atoms with Crippen LogP contribution >= 0.6 is 0 Å². The van der Waals surface area contributed by atoms with Crippen LogP contribution in [-0.2, 0) is 0 Å². The Hall–Kier alpha value is -1.55. The van der Waals surface area contributed by atoms with Gasteiger partial charge in [-0.25, -0.2) is 0 Å². The molecule has 1 aromatic carbocycles. The quantitative estimate of drug-likeness (QED) is 0.455. The molecule has 0 bridgehead atoms. The number of rotatable bonds is 5. The average molecular weight is 223 g/mol. The molecule has 0 aliphatic heterocycles. The smallest absolute Gasteiger partial charge is 0.119 e. The minimum Gasteiger partial charge on any atom is -0.493 e. The third-order valence-corrected chi connectivity index (χ3v) is 2.27. The van der Waals surface area contributed by atoms with Crippen LogP contribution in [-0.4, -0.2) is 29.2 Å². The summed E-state index contributed by atoms with van der Waals surface area (Å²) in [6, 6.07) is 7.28. The summed E-state index contributed by atoms with van der Waals surface area (Å²) in [4.78, 5) is 0. The topological polar surface area (TPSA) is 62.1 Å². The van der Waals surface area contributed by atoms with Gasteiger partial charge in [0.25, 0.3) is 0 Å². The van der Waals surface area contributed by atoms with Crippen molar-refractivity contribution in [1.82, 2.24) is 0 Å². The molecule has 88 valence electrons. The van der Waals surface area contributed by atoms with Crippen molar-refractivity contribution in [3.05, 3.63) is 29.8 Å². The first-order valence-electron chi connectivity index (χ1n) is 5.20. The Bertz CT molecular complexity index is 346. The number of benzene rings is 1. The van der Waals surface area contributed by atoms with Crippen LogP contribution < -0.4 is 4.74 Å². The van der Waals surface area contributed by atoms with Crippen LogP contribution in [0.3, 0.4) is 0 Å². The van der Waals surface area contributed by atoms with E-state index in [1.807, 2.05) is 31.2 Å². The molecule has 0 aliphatic rings. The van der Waals surface area contributed by atoms with Crippen LogP contribution in [0.1, 0.15) is 19.4 Å². The molecule has 4 nitrogen and oxygen atoms in total. The minimum atomic E-state index is 0.119. The molecule has 1 aromatic rings. The van der Waals surface area contributed by atoms with E-state index in [2.05, 4.69) is 5.16 Å². The Morgan fingerprint density at radius 1 is 1.38 bits per heavy atom. The van der Waals surface area contributed by atoms with Gasteiger partial charge in [-0.2, -0.15) is 0 Å². The van der Waals surface area contributed by atoms with Gasteiger partial charge in [0.1, 0.15) is 5.75 Å². The standard InChI is InChI=1S/C12H17NO3/c1-9(7-14)8-16-12-5-3-11(4-6-12)10(2)13-15/h3-6,9,14-15H,7-8H2,1-2H3/b13-10+. The van der Waals surface area contributed by atoms with E-state index >= 15 is 0 Å². The van der Waals surface area contributed by atoms with E-state index in [-0.39, 0.29) is 12.5 Å². The molecule has 0 amide bonds. The lowest BCUT2D eigenvalue weighted by Crippen LogP contribution is -2.12. The van der Waals surface area contributed by atoms with Gasteiger partial charge < -0.3 is 15.1 Å². The first-order chi connectivity index (χ1) is 7.67. The summed E-state index contributed by atoms with van der Waals surface area (Å²) in [6.07, 6.45) is 0. The molecule has 0 radical (unpaired) electrons. The van der Waals surface area contributed by atoms with Gasteiger partial charge in [-0.15, -0.1) is 0 Å². The van der Waals surface area contributed by atoms with E-state index in [9.17, 15) is 0 Å². The molecular formula is C12H17NO3. The van der Waals surface area contributed by atoms with Gasteiger partial charge in [0, 0.05) is 12.5 Å². The van der Waals surface area contributed by atoms with Crippen LogP contribution in [0, 0.1) is 5.92 Å². The van der Waals surface area contributed by atoms with Crippen molar-refractivity contribution in [1.29, 1.82) is 0 Å². The van der Waals surface area contributed by atoms with Crippen LogP contribution in [0.15, 0.2) is 29.4 Å². The highest BCUT2D eigenvalue weighted by molar-refractivity contribution is 5.98. The molecule has 0 aromatic heterocycles. The van der Waals surface area contributed by atoms with Crippen molar-refractivity contribution < 1.29 is 15.1 Å². The zero-order valence-electron chi connectivity index (χ0n) is 9.55. The summed E-state index contributed by atoms with van der Waals surface area (Å²) < 4.78 is 5.46. The van der Waals surface area contributed by atoms with Gasteiger partial charge in [-0.05, 0) is 36.8 Å². The van der Waals surface area contributed by atoms with Crippen LogP contribution in [0.4, 0.5) is 0 Å². The summed E-state index contributed by atoms with van der Waals surface area (Å²) in [5.74, 6) is 0.871. The lowest BCUT2D eigenvalue weighted by molar-refractivity contribution is 0.174. The Kier molecular flexibility index (Phi) is 4.79. The maximum absolute atomic E-state index is 8.84. The molecule has 0 fully saturated rings. The van der Waals surface area contributed by atoms with Crippen LogP contribution in [0.2, 0.25) is 0 Å². The summed E-state index contributed by atoms with van der Waals surface area (Å²) in [7, 11) is 0. The fourth-order valence-electron chi connectivity index (χ4n) is 1.14. The van der Waals surface area contributed by atoms with Gasteiger partial charge in [-0.1, -0.05) is 12.1 Å². The molecule has 16 heavy (non-hydrogen) atoms. The van der Waals surface area contributed by atoms with Crippen LogP contribution in [0.5, 0.6) is 5.75 Å². The van der Waals surface area contributed by atoms with E-state index in [1.54, 1.807) is 6.92 Å². The number of ether oxygens (including phenoxy) is 1. The second kappa shape index (κ2) is 6.12. The van der Waals surface area contributed by atoms with E-state index in [0.29, 0.717) is 12.3 Å². The van der Waals surface area contributed by atoms with Crippen molar-refractivity contribution in [3.63, 3.8) is 0 Å². The molecular weight excluding hydrogens is 206 g/mol. The molecule has 0 aliphatic carbocycles. The monoisotopic (exact) mass is 223 g/mol. The molecule has 0 spiro atoms. The number of aliphatic hydroxyl groups excluding tert-OH is 1. The zero-order valence-corrected chi connectivity index (χ0v) is 9.55. The predicted octanol–water partition coefficient (Wildman–Crippen LogP) is 1.89. The third-order valence-electron chi connectivity index (χ3n) is 2.27. The first-order valence-corrected chi connectivity index (χ1v) is 5.20. The fraction of sp³-hybridized carbons (Fsp3) is 0.417. The van der Waals surface area contributed by atoms with Gasteiger partial charge in [0.2, 0.25) is 0 Å². The summed E-state index contributed by atoms with van der Waals surface area (Å²) in [6.45, 7) is 4.25. The first kappa shape index (κ1) is 12.5. The van der Waals surface area contributed by atoms with Gasteiger partial charge >= 0.3 is 0 Å². The largest absolute Gasteiger partial charge is 0.493 e. The molecule has 0 saturated heterocycles. The number of hydrogen-bond donors (Lipinski definition) is 2. The maximum atomic E-state index is 8.84. The predicted molar refractivity (Wildman–Crippen MR) is 62.2 cm³/mol. The molecule has 0 heterocycles. The Balaban J connectivity index is 2.58. The Morgan fingerprint density at radius 3 is 2.50 bits per heavy atom. The molecule has 2 N–H and O–H groups in total. The summed E-state index contributed by atoms with van der Waals surface area (Å²) >= 11 is 0. The maximum Gasteiger partial charge on any atom is 0.119 e. The number of oxime groups is 1. The van der Waals surface area contributed by atoms with E-state index < -0.39 is 0 Å². The van der Waals surface area contributed by atoms with Crippen molar-refractivity contribution in [2.24, 2.45) is 11.1 Å². The Morgan fingerprint density at radius 2 is 2.00 bits per heavy atom. The zero-order chi connectivity index (χ0) is 12.0. The van der Waals surface area contributed by atoms with Crippen molar-refractivity contribution >= 4 is 5.71 Å². The molecule has 1 rings (SSSR count). The molecule has 0 saturated carbocycles. The van der Waals surface area contributed by atoms with Crippen molar-refractivity contribution in [2.75, 3.05) is 13.2 Å². The second-order valence-corrected chi connectivity index (χ2v) is 3.81. The fourth-order valence-corrected chi connectivity index (χ4v) is 1.14. The highest BCUT2D eigenvalue weighted by atomic mass is 16.5. The van der Waals surface area contributed by atoms with Gasteiger partial charge in [0.15, 0.2) is 0 Å². The summed E-state index contributed by atoms with van der Waals surface area (Å²) in [5, 5.41) is 20.6. The van der Waals surface area contributed by atoms with E-state index in [4.69, 9.17) is 15.1 Å². The number of aliphatic hydroxyl groups is 1. The van der Waals surface area contributed by atoms with Crippen molar-refractivity contribution in [3.8, 4) is 5.75 Å². The van der Waals surface area contributed by atoms with E-state index in [1.165, 1.54) is 0 Å². The van der Waals surface area contributed by atoms with Gasteiger partial charge in [-0.3, -0.25) is 0 Å². The summed E-state index contributed by atoms with van der Waals surface area (Å²) in [5.41, 5.74) is 1.42. The second-order valence-electron chi connectivity index (χ2n) is 3.81. The number of nitrogens with zero attached hydrogens (tertiary/aromatic N) is 1. The normalized spacial score (nSPS) is 13.6. The lowest BCUT2D eigenvalue weighted by atomic mass is 10.1.